The average molecular weight is 352 g/mol. The Bertz CT molecular complexity index is 345. The SMILES string of the molecule is [CH3][AlH][N](C(=O)[I-])[C](=O)[Al]1[C](=O)N(C)[C]1=O. The first-order valence-electron chi connectivity index (χ1n) is 4.24. The van der Waals surface area contributed by atoms with Crippen molar-refractivity contribution in [2.45, 2.75) is 5.79 Å². The van der Waals surface area contributed by atoms with E-state index in [9.17, 15) is 19.2 Å². The standard InChI is InChI=1S/C3H3NO2.C2INO2.CH3.2Al.H/c1-4(2-5)3-6;3-2(6)4-1-5;;;;/h1H3;;1H3;;;/q;-2;;;+1;. The second-order valence-electron chi connectivity index (χ2n) is 3.00. The fraction of sp³-hybridized carbons (Fsp3) is 0.333. The third-order valence-corrected chi connectivity index (χ3v) is 7.59. The summed E-state index contributed by atoms with van der Waals surface area (Å²) in [6.07, 6.45) is 0. The largest absolute Gasteiger partial charge is 0.692 e. The van der Waals surface area contributed by atoms with Crippen LogP contribution in [0.2, 0.25) is 5.79 Å². The molecule has 4 amide bonds. The van der Waals surface area contributed by atoms with Crippen molar-refractivity contribution in [1.82, 2.24) is 8.78 Å². The molecular formula is C6H7Al2IN2O4-. The summed E-state index contributed by atoms with van der Waals surface area (Å²) < 4.78 is -0.628. The highest BCUT2D eigenvalue weighted by Gasteiger charge is 2.59. The van der Waals surface area contributed by atoms with Gasteiger partial charge in [-0.05, 0) is 0 Å². The van der Waals surface area contributed by atoms with Crippen LogP contribution in [0.4, 0.5) is 19.2 Å². The van der Waals surface area contributed by atoms with Crippen molar-refractivity contribution in [2.24, 2.45) is 0 Å². The van der Waals surface area contributed by atoms with Crippen LogP contribution >= 0.6 is 0 Å². The molecule has 0 saturated carbocycles. The number of carbonyl (C=O) groups is 4. The molecule has 1 aliphatic heterocycles. The molecule has 0 spiro atoms. The zero-order valence-corrected chi connectivity index (χ0v) is 12.9. The van der Waals surface area contributed by atoms with Gasteiger partial charge < -0.3 is 36.2 Å². The van der Waals surface area contributed by atoms with Crippen molar-refractivity contribution in [2.75, 3.05) is 7.05 Å². The van der Waals surface area contributed by atoms with Crippen LogP contribution in [-0.4, -0.2) is 63.6 Å². The van der Waals surface area contributed by atoms with E-state index in [2.05, 4.69) is 0 Å². The number of imide groups is 2. The molecule has 15 heavy (non-hydrogen) atoms. The van der Waals surface area contributed by atoms with Gasteiger partial charge in [0.25, 0.3) is 0 Å². The summed E-state index contributed by atoms with van der Waals surface area (Å²) in [7, 11) is 1.35. The summed E-state index contributed by atoms with van der Waals surface area (Å²) in [5.74, 6) is 1.76. The number of hydrogen-bond donors (Lipinski definition) is 0. The van der Waals surface area contributed by atoms with Crippen LogP contribution in [0.25, 0.3) is 0 Å². The highest BCUT2D eigenvalue weighted by molar-refractivity contribution is 7.33. The molecule has 6 nitrogen and oxygen atoms in total. The van der Waals surface area contributed by atoms with Gasteiger partial charge >= 0.3 is 29.6 Å². The van der Waals surface area contributed by atoms with Gasteiger partial charge in [-0.2, -0.15) is 0 Å². The van der Waals surface area contributed by atoms with Gasteiger partial charge in [-0.1, -0.05) is 5.79 Å². The van der Waals surface area contributed by atoms with E-state index in [0.717, 1.165) is 8.78 Å². The summed E-state index contributed by atoms with van der Waals surface area (Å²) in [4.78, 5) is 46.3. The number of halogens is 1. The molecule has 0 aromatic heterocycles. The Morgan fingerprint density at radius 1 is 1.40 bits per heavy atom. The van der Waals surface area contributed by atoms with Gasteiger partial charge in [0.05, 0.1) is 3.91 Å². The second-order valence-corrected chi connectivity index (χ2v) is 7.54. The van der Waals surface area contributed by atoms with Crippen LogP contribution in [-0.2, 0) is 0 Å². The molecule has 1 radical (unpaired) electrons. The highest BCUT2D eigenvalue weighted by atomic mass is 127. The Morgan fingerprint density at radius 2 is 1.87 bits per heavy atom. The third-order valence-electron chi connectivity index (χ3n) is 2.20. The Kier molecular flexibility index (Phi) is 4.33. The summed E-state index contributed by atoms with van der Waals surface area (Å²) in [5.41, 5.74) is 0. The van der Waals surface area contributed by atoms with Crippen molar-refractivity contribution in [3.8, 4) is 0 Å². The lowest BCUT2D eigenvalue weighted by atomic mass is 10.9. The van der Waals surface area contributed by atoms with Crippen LogP contribution in [0.3, 0.4) is 0 Å². The molecule has 1 saturated heterocycles. The maximum atomic E-state index is 11.7. The van der Waals surface area contributed by atoms with Crippen molar-refractivity contribution in [3.63, 3.8) is 0 Å². The minimum Gasteiger partial charge on any atom is -0.692 e. The van der Waals surface area contributed by atoms with Crippen LogP contribution < -0.4 is 22.6 Å². The van der Waals surface area contributed by atoms with Gasteiger partial charge in [0.15, 0.2) is 9.54 Å². The normalized spacial score (nSPS) is 14.9. The molecule has 0 atom stereocenters. The van der Waals surface area contributed by atoms with Crippen LogP contribution in [0.15, 0.2) is 0 Å². The van der Waals surface area contributed by atoms with Gasteiger partial charge in [-0.25, -0.2) is 0 Å². The Labute approximate surface area is 110 Å². The summed E-state index contributed by atoms with van der Waals surface area (Å²) >= 11 is -2.24. The predicted molar refractivity (Wildman–Crippen MR) is 50.0 cm³/mol. The maximum absolute atomic E-state index is 11.7. The number of carbonyl (C=O) groups excluding carboxylic acids is 4. The lowest BCUT2D eigenvalue weighted by molar-refractivity contribution is -0.256. The molecule has 0 aliphatic carbocycles. The van der Waals surface area contributed by atoms with E-state index in [1.165, 1.54) is 29.6 Å². The maximum Gasteiger partial charge on any atom is 0.646 e. The van der Waals surface area contributed by atoms with Crippen LogP contribution in [0, 0.1) is 0 Å². The van der Waals surface area contributed by atoms with Crippen LogP contribution in [0.5, 0.6) is 0 Å². The first-order valence-corrected chi connectivity index (χ1v) is 9.09. The van der Waals surface area contributed by atoms with Gasteiger partial charge in [0.2, 0.25) is 0 Å². The Balaban J connectivity index is 2.82. The molecule has 79 valence electrons. The van der Waals surface area contributed by atoms with Gasteiger partial charge in [-0.15, -0.1) is 0 Å². The molecular weight excluding hydrogens is 345 g/mol. The van der Waals surface area contributed by atoms with E-state index in [1.807, 2.05) is 0 Å². The molecule has 1 fully saturated rings. The Hall–Kier alpha value is 0.0749. The lowest BCUT2D eigenvalue weighted by Gasteiger charge is -2.33. The molecule has 0 unspecified atom stereocenters. The van der Waals surface area contributed by atoms with E-state index in [1.54, 1.807) is 5.79 Å². The fourth-order valence-corrected chi connectivity index (χ4v) is 6.33. The number of hydrogen-bond acceptors (Lipinski definition) is 4. The summed E-state index contributed by atoms with van der Waals surface area (Å²) in [5, 5.41) is 0. The molecule has 0 aromatic carbocycles. The number of amides is 4. The Morgan fingerprint density at radius 3 is 2.20 bits per heavy atom. The van der Waals surface area contributed by atoms with Crippen molar-refractivity contribution < 1.29 is 41.8 Å². The number of rotatable bonds is 2. The molecule has 1 heterocycles. The van der Waals surface area contributed by atoms with Gasteiger partial charge in [0.1, 0.15) is 4.77 Å². The minimum atomic E-state index is -2.73. The average Bonchev–Trinajstić information content (AvgIpc) is 2.18. The first-order chi connectivity index (χ1) is 6.91. The molecule has 9 heteroatoms. The first kappa shape index (κ1) is 13.1. The van der Waals surface area contributed by atoms with E-state index >= 15 is 0 Å². The number of nitrogens with zero attached hydrogens (tertiary/aromatic N) is 2. The molecule has 0 bridgehead atoms. The van der Waals surface area contributed by atoms with Gasteiger partial charge in [-0.3, -0.25) is 14.4 Å². The summed E-state index contributed by atoms with van der Waals surface area (Å²) in [6, 6.07) is 0. The van der Waals surface area contributed by atoms with Crippen molar-refractivity contribution in [3.05, 3.63) is 0 Å². The zero-order chi connectivity index (χ0) is 11.7. The molecule has 1 aliphatic rings. The lowest BCUT2D eigenvalue weighted by Crippen LogP contribution is -3.39. The quantitative estimate of drug-likeness (QED) is 0.229. The molecule has 0 N–H and O–H groups in total. The summed E-state index contributed by atoms with van der Waals surface area (Å²) in [6.45, 7) is 0. The van der Waals surface area contributed by atoms with E-state index in [-0.39, 0.29) is 0 Å². The minimum absolute atomic E-state index is 0.393. The fourth-order valence-electron chi connectivity index (χ4n) is 1.27. The molecule has 1 rings (SSSR count). The zero-order valence-electron chi connectivity index (χ0n) is 8.19. The van der Waals surface area contributed by atoms with Crippen molar-refractivity contribution >= 4 is 47.8 Å². The van der Waals surface area contributed by atoms with Gasteiger partial charge in [0, 0.05) is 7.05 Å². The van der Waals surface area contributed by atoms with Crippen molar-refractivity contribution in [1.29, 1.82) is 0 Å². The second kappa shape index (κ2) is 4.94. The monoisotopic (exact) mass is 352 g/mol. The highest BCUT2D eigenvalue weighted by Crippen LogP contribution is 2.14. The smallest absolute Gasteiger partial charge is 0.646 e. The third kappa shape index (κ3) is 2.27. The van der Waals surface area contributed by atoms with E-state index < -0.39 is 47.8 Å². The predicted octanol–water partition coefficient (Wildman–Crippen LogP) is -3.09. The van der Waals surface area contributed by atoms with E-state index in [4.69, 9.17) is 0 Å². The van der Waals surface area contributed by atoms with E-state index in [0.29, 0.717) is 0 Å². The molecule has 0 aromatic rings. The topological polar surface area (TPSA) is 74.8 Å². The van der Waals surface area contributed by atoms with Crippen LogP contribution in [0.1, 0.15) is 0 Å².